The molecule has 0 aromatic heterocycles. The standard InChI is InChI=1S/C19H20ClN3O2/c1-2-18(24)23-9-8-13-6-7-17(10-14(13)12-23)22-19(25)21-16-5-3-4-15(20)11-16/h3-7,10-11H,2,8-9,12H2,1H3,(H2,21,22,25). The van der Waals surface area contributed by atoms with E-state index in [1.165, 1.54) is 5.56 Å². The van der Waals surface area contributed by atoms with E-state index in [1.807, 2.05) is 30.0 Å². The molecule has 1 aliphatic heterocycles. The number of carbonyl (C=O) groups is 2. The largest absolute Gasteiger partial charge is 0.338 e. The van der Waals surface area contributed by atoms with Crippen LogP contribution in [0.3, 0.4) is 0 Å². The first-order chi connectivity index (χ1) is 12.0. The number of benzene rings is 2. The van der Waals surface area contributed by atoms with Gasteiger partial charge in [-0.15, -0.1) is 0 Å². The summed E-state index contributed by atoms with van der Waals surface area (Å²) in [5.74, 6) is 0.155. The molecule has 2 aromatic carbocycles. The summed E-state index contributed by atoms with van der Waals surface area (Å²) in [6.07, 6.45) is 1.35. The van der Waals surface area contributed by atoms with E-state index >= 15 is 0 Å². The summed E-state index contributed by atoms with van der Waals surface area (Å²) in [7, 11) is 0. The van der Waals surface area contributed by atoms with Gasteiger partial charge in [-0.05, 0) is 47.9 Å². The SMILES string of the molecule is CCC(=O)N1CCc2ccc(NC(=O)Nc3cccc(Cl)c3)cc2C1. The van der Waals surface area contributed by atoms with Gasteiger partial charge >= 0.3 is 6.03 Å². The lowest BCUT2D eigenvalue weighted by Crippen LogP contribution is -2.35. The minimum Gasteiger partial charge on any atom is -0.338 e. The van der Waals surface area contributed by atoms with E-state index in [9.17, 15) is 9.59 Å². The smallest absolute Gasteiger partial charge is 0.323 e. The summed E-state index contributed by atoms with van der Waals surface area (Å²) in [5.41, 5.74) is 3.63. The third kappa shape index (κ3) is 4.31. The van der Waals surface area contributed by atoms with Gasteiger partial charge < -0.3 is 15.5 Å². The van der Waals surface area contributed by atoms with Crippen LogP contribution < -0.4 is 10.6 Å². The Morgan fingerprint density at radius 2 is 1.84 bits per heavy atom. The molecule has 2 aromatic rings. The highest BCUT2D eigenvalue weighted by Crippen LogP contribution is 2.23. The van der Waals surface area contributed by atoms with Gasteiger partial charge in [0.2, 0.25) is 5.91 Å². The van der Waals surface area contributed by atoms with Gasteiger partial charge in [-0.3, -0.25) is 4.79 Å². The van der Waals surface area contributed by atoms with Crippen LogP contribution in [0.4, 0.5) is 16.2 Å². The molecule has 0 fully saturated rings. The molecule has 130 valence electrons. The molecule has 0 spiro atoms. The van der Waals surface area contributed by atoms with Crippen molar-refractivity contribution in [2.45, 2.75) is 26.3 Å². The van der Waals surface area contributed by atoms with Crippen molar-refractivity contribution in [2.24, 2.45) is 0 Å². The zero-order valence-electron chi connectivity index (χ0n) is 14.0. The maximum atomic E-state index is 12.2. The van der Waals surface area contributed by atoms with E-state index in [0.717, 1.165) is 18.5 Å². The number of halogens is 1. The molecule has 0 unspecified atom stereocenters. The molecule has 5 nitrogen and oxygen atoms in total. The van der Waals surface area contributed by atoms with Crippen molar-refractivity contribution < 1.29 is 9.59 Å². The zero-order chi connectivity index (χ0) is 17.8. The fourth-order valence-electron chi connectivity index (χ4n) is 2.93. The van der Waals surface area contributed by atoms with Crippen LogP contribution in [0.15, 0.2) is 42.5 Å². The number of amides is 3. The highest BCUT2D eigenvalue weighted by atomic mass is 35.5. The van der Waals surface area contributed by atoms with Crippen molar-refractivity contribution in [2.75, 3.05) is 17.2 Å². The fourth-order valence-corrected chi connectivity index (χ4v) is 3.12. The Balaban J connectivity index is 1.68. The number of nitrogens with one attached hydrogen (secondary N) is 2. The molecule has 3 amide bonds. The highest BCUT2D eigenvalue weighted by Gasteiger charge is 2.19. The van der Waals surface area contributed by atoms with Crippen molar-refractivity contribution in [1.29, 1.82) is 0 Å². The Morgan fingerprint density at radius 3 is 2.56 bits per heavy atom. The lowest BCUT2D eigenvalue weighted by molar-refractivity contribution is -0.131. The molecular weight excluding hydrogens is 338 g/mol. The van der Waals surface area contributed by atoms with Crippen molar-refractivity contribution >= 4 is 34.9 Å². The Labute approximate surface area is 152 Å². The lowest BCUT2D eigenvalue weighted by Gasteiger charge is -2.29. The van der Waals surface area contributed by atoms with E-state index in [-0.39, 0.29) is 11.9 Å². The van der Waals surface area contributed by atoms with Crippen LogP contribution in [0.5, 0.6) is 0 Å². The molecule has 0 saturated carbocycles. The van der Waals surface area contributed by atoms with E-state index in [2.05, 4.69) is 10.6 Å². The molecule has 1 heterocycles. The molecular formula is C19H20ClN3O2. The number of carbonyl (C=O) groups excluding carboxylic acids is 2. The van der Waals surface area contributed by atoms with Gasteiger partial charge in [-0.25, -0.2) is 4.79 Å². The van der Waals surface area contributed by atoms with Crippen LogP contribution in [-0.4, -0.2) is 23.4 Å². The van der Waals surface area contributed by atoms with Gasteiger partial charge in [-0.2, -0.15) is 0 Å². The first-order valence-corrected chi connectivity index (χ1v) is 8.66. The maximum absolute atomic E-state index is 12.2. The van der Waals surface area contributed by atoms with Crippen LogP contribution in [-0.2, 0) is 17.8 Å². The second kappa shape index (κ2) is 7.57. The minimum atomic E-state index is -0.334. The van der Waals surface area contributed by atoms with Gasteiger partial charge in [0.1, 0.15) is 0 Å². The maximum Gasteiger partial charge on any atom is 0.323 e. The monoisotopic (exact) mass is 357 g/mol. The number of urea groups is 1. The Morgan fingerprint density at radius 1 is 1.08 bits per heavy atom. The van der Waals surface area contributed by atoms with Crippen LogP contribution >= 0.6 is 11.6 Å². The summed E-state index contributed by atoms with van der Waals surface area (Å²) in [4.78, 5) is 25.9. The third-order valence-electron chi connectivity index (χ3n) is 4.21. The first-order valence-electron chi connectivity index (χ1n) is 8.28. The van der Waals surface area contributed by atoms with Crippen LogP contribution in [0.2, 0.25) is 5.02 Å². The predicted molar refractivity (Wildman–Crippen MR) is 99.9 cm³/mol. The molecule has 0 bridgehead atoms. The van der Waals surface area contributed by atoms with Gasteiger partial charge in [0, 0.05) is 35.9 Å². The molecule has 3 rings (SSSR count). The average molecular weight is 358 g/mol. The Hall–Kier alpha value is -2.53. The van der Waals surface area contributed by atoms with Crippen LogP contribution in [0.25, 0.3) is 0 Å². The van der Waals surface area contributed by atoms with Crippen molar-refractivity contribution in [3.63, 3.8) is 0 Å². The summed E-state index contributed by atoms with van der Waals surface area (Å²) in [6.45, 7) is 3.21. The molecule has 0 radical (unpaired) electrons. The molecule has 25 heavy (non-hydrogen) atoms. The van der Waals surface area contributed by atoms with Crippen molar-refractivity contribution in [3.05, 3.63) is 58.6 Å². The quantitative estimate of drug-likeness (QED) is 0.861. The third-order valence-corrected chi connectivity index (χ3v) is 4.45. The molecule has 0 aliphatic carbocycles. The number of nitrogens with zero attached hydrogens (tertiary/aromatic N) is 1. The number of anilines is 2. The molecule has 2 N–H and O–H groups in total. The van der Waals surface area contributed by atoms with Gasteiger partial charge in [0.05, 0.1) is 0 Å². The number of rotatable bonds is 3. The zero-order valence-corrected chi connectivity index (χ0v) is 14.8. The average Bonchev–Trinajstić information content (AvgIpc) is 2.60. The highest BCUT2D eigenvalue weighted by molar-refractivity contribution is 6.30. The Kier molecular flexibility index (Phi) is 5.24. The number of hydrogen-bond donors (Lipinski definition) is 2. The van der Waals surface area contributed by atoms with Gasteiger partial charge in [-0.1, -0.05) is 30.7 Å². The van der Waals surface area contributed by atoms with Gasteiger partial charge in [0.25, 0.3) is 0 Å². The second-order valence-corrected chi connectivity index (χ2v) is 6.43. The van der Waals surface area contributed by atoms with E-state index in [1.54, 1.807) is 24.3 Å². The van der Waals surface area contributed by atoms with E-state index in [4.69, 9.17) is 11.6 Å². The van der Waals surface area contributed by atoms with Gasteiger partial charge in [0.15, 0.2) is 0 Å². The van der Waals surface area contributed by atoms with Crippen molar-refractivity contribution in [3.8, 4) is 0 Å². The molecule has 1 aliphatic rings. The van der Waals surface area contributed by atoms with E-state index in [0.29, 0.717) is 29.4 Å². The van der Waals surface area contributed by atoms with Crippen LogP contribution in [0.1, 0.15) is 24.5 Å². The topological polar surface area (TPSA) is 61.4 Å². The minimum absolute atomic E-state index is 0.155. The summed E-state index contributed by atoms with van der Waals surface area (Å²) in [6, 6.07) is 12.5. The summed E-state index contributed by atoms with van der Waals surface area (Å²) < 4.78 is 0. The predicted octanol–water partition coefficient (Wildman–Crippen LogP) is 4.28. The normalized spacial score (nSPS) is 13.1. The Bertz CT molecular complexity index is 807. The molecule has 6 heteroatoms. The summed E-state index contributed by atoms with van der Waals surface area (Å²) >= 11 is 5.92. The first kappa shape index (κ1) is 17.3. The lowest BCUT2D eigenvalue weighted by atomic mass is 9.99. The van der Waals surface area contributed by atoms with Crippen LogP contribution in [0, 0.1) is 0 Å². The van der Waals surface area contributed by atoms with Crippen molar-refractivity contribution in [1.82, 2.24) is 4.90 Å². The number of hydrogen-bond acceptors (Lipinski definition) is 2. The molecule has 0 saturated heterocycles. The fraction of sp³-hybridized carbons (Fsp3) is 0.263. The number of fused-ring (bicyclic) bond motifs is 1. The molecule has 0 atom stereocenters. The van der Waals surface area contributed by atoms with E-state index < -0.39 is 0 Å². The second-order valence-electron chi connectivity index (χ2n) is 5.99. The summed E-state index contributed by atoms with van der Waals surface area (Å²) in [5, 5.41) is 6.13.